The minimum Gasteiger partial charge on any atom is -0.464 e. The van der Waals surface area contributed by atoms with Crippen LogP contribution in [0.1, 0.15) is 57.9 Å². The maximum atomic E-state index is 12.6. The van der Waals surface area contributed by atoms with Crippen molar-refractivity contribution in [2.45, 2.75) is 77.0 Å². The molecule has 2 rings (SSSR count). The first-order valence-electron chi connectivity index (χ1n) is 10.8. The van der Waals surface area contributed by atoms with Crippen LogP contribution >= 0.6 is 0 Å². The fourth-order valence-electron chi connectivity index (χ4n) is 3.79. The van der Waals surface area contributed by atoms with Crippen LogP contribution < -0.4 is 11.1 Å². The molecule has 1 amide bonds. The van der Waals surface area contributed by atoms with Crippen molar-refractivity contribution >= 4 is 11.9 Å². The highest BCUT2D eigenvalue weighted by atomic mass is 16.5. The third-order valence-corrected chi connectivity index (χ3v) is 5.48. The Bertz CT molecular complexity index is 629. The molecule has 0 saturated heterocycles. The molecule has 0 unspecified atom stereocenters. The van der Waals surface area contributed by atoms with Crippen molar-refractivity contribution in [3.8, 4) is 0 Å². The van der Waals surface area contributed by atoms with Crippen LogP contribution in [-0.2, 0) is 20.7 Å². The van der Waals surface area contributed by atoms with E-state index in [4.69, 9.17) is 10.5 Å². The van der Waals surface area contributed by atoms with E-state index in [9.17, 15) is 14.7 Å². The molecule has 1 aliphatic carbocycles. The number of benzene rings is 1. The zero-order valence-electron chi connectivity index (χ0n) is 17.7. The first-order valence-corrected chi connectivity index (χ1v) is 10.8. The molecule has 3 atom stereocenters. The van der Waals surface area contributed by atoms with Crippen molar-refractivity contribution in [2.24, 2.45) is 17.6 Å². The van der Waals surface area contributed by atoms with Gasteiger partial charge < -0.3 is 20.9 Å². The molecule has 1 aromatic rings. The monoisotopic (exact) mass is 404 g/mol. The zero-order valence-corrected chi connectivity index (χ0v) is 17.7. The predicted octanol–water partition coefficient (Wildman–Crippen LogP) is 2.57. The first kappa shape index (κ1) is 23.4. The zero-order chi connectivity index (χ0) is 21.2. The number of aliphatic hydroxyl groups is 1. The topological polar surface area (TPSA) is 102 Å². The number of rotatable bonds is 10. The van der Waals surface area contributed by atoms with Gasteiger partial charge in [0.25, 0.3) is 5.91 Å². The maximum absolute atomic E-state index is 12.6. The standard InChI is InChI=1S/C23H36N2O4/c1-16(2)13-20(23(28)29-15-18-11-7-4-8-12-18)25-22(27)21(26)19(24)14-17-9-5-3-6-10-17/h3,5-6,9-10,16,18-21,26H,4,7-8,11-15,24H2,1-2H3,(H,25,27)/t19-,20+,21-/m1/s1. The van der Waals surface area contributed by atoms with Gasteiger partial charge in [-0.2, -0.15) is 0 Å². The Labute approximate surface area is 174 Å². The summed E-state index contributed by atoms with van der Waals surface area (Å²) in [4.78, 5) is 25.1. The molecular formula is C23H36N2O4. The first-order chi connectivity index (χ1) is 13.9. The lowest BCUT2D eigenvalue weighted by Gasteiger charge is -2.25. The Kier molecular flexibility index (Phi) is 9.61. The molecule has 1 saturated carbocycles. The lowest BCUT2D eigenvalue weighted by Crippen LogP contribution is -2.52. The summed E-state index contributed by atoms with van der Waals surface area (Å²) in [6.45, 7) is 4.36. The number of amides is 1. The van der Waals surface area contributed by atoms with Crippen LogP contribution in [0.3, 0.4) is 0 Å². The van der Waals surface area contributed by atoms with E-state index in [-0.39, 0.29) is 5.92 Å². The molecule has 0 bridgehead atoms. The molecule has 1 aromatic carbocycles. The third kappa shape index (κ3) is 8.15. The molecule has 6 heteroatoms. The highest BCUT2D eigenvalue weighted by Crippen LogP contribution is 2.24. The van der Waals surface area contributed by atoms with Crippen molar-refractivity contribution < 1.29 is 19.4 Å². The van der Waals surface area contributed by atoms with Crippen molar-refractivity contribution in [3.63, 3.8) is 0 Å². The average Bonchev–Trinajstić information content (AvgIpc) is 2.72. The number of aliphatic hydroxyl groups excluding tert-OH is 1. The number of carbonyl (C=O) groups excluding carboxylic acids is 2. The highest BCUT2D eigenvalue weighted by Gasteiger charge is 2.30. The van der Waals surface area contributed by atoms with Crippen molar-refractivity contribution in [2.75, 3.05) is 6.61 Å². The Balaban J connectivity index is 1.89. The van der Waals surface area contributed by atoms with Gasteiger partial charge in [0.1, 0.15) is 12.1 Å². The second kappa shape index (κ2) is 11.9. The fourth-order valence-corrected chi connectivity index (χ4v) is 3.79. The summed E-state index contributed by atoms with van der Waals surface area (Å²) in [6.07, 6.45) is 5.21. The van der Waals surface area contributed by atoms with E-state index in [1.165, 1.54) is 19.3 Å². The van der Waals surface area contributed by atoms with Gasteiger partial charge in [-0.1, -0.05) is 63.4 Å². The second-order valence-corrected chi connectivity index (χ2v) is 8.62. The van der Waals surface area contributed by atoms with Crippen LogP contribution in [0.2, 0.25) is 0 Å². The van der Waals surface area contributed by atoms with Gasteiger partial charge in [-0.05, 0) is 43.1 Å². The third-order valence-electron chi connectivity index (χ3n) is 5.48. The normalized spacial score (nSPS) is 18.1. The van der Waals surface area contributed by atoms with Gasteiger partial charge in [-0.15, -0.1) is 0 Å². The quantitative estimate of drug-likeness (QED) is 0.520. The van der Waals surface area contributed by atoms with Gasteiger partial charge in [0.15, 0.2) is 0 Å². The number of nitrogens with two attached hydrogens (primary N) is 1. The minimum atomic E-state index is -1.39. The summed E-state index contributed by atoms with van der Waals surface area (Å²) in [5, 5.41) is 13.0. The van der Waals surface area contributed by atoms with Crippen molar-refractivity contribution in [1.29, 1.82) is 0 Å². The van der Waals surface area contributed by atoms with E-state index in [1.54, 1.807) is 0 Å². The van der Waals surface area contributed by atoms with E-state index in [2.05, 4.69) is 5.32 Å². The molecular weight excluding hydrogens is 368 g/mol. The summed E-state index contributed by atoms with van der Waals surface area (Å²) in [7, 11) is 0. The van der Waals surface area contributed by atoms with E-state index < -0.39 is 30.1 Å². The van der Waals surface area contributed by atoms with Gasteiger partial charge in [0, 0.05) is 6.04 Å². The number of esters is 1. The molecule has 0 aromatic heterocycles. The van der Waals surface area contributed by atoms with Crippen LogP contribution in [0.4, 0.5) is 0 Å². The van der Waals surface area contributed by atoms with Crippen molar-refractivity contribution in [1.82, 2.24) is 5.32 Å². The van der Waals surface area contributed by atoms with Gasteiger partial charge >= 0.3 is 5.97 Å². The maximum Gasteiger partial charge on any atom is 0.328 e. The Morgan fingerprint density at radius 2 is 1.83 bits per heavy atom. The molecule has 4 N–H and O–H groups in total. The number of hydrogen-bond acceptors (Lipinski definition) is 5. The molecule has 1 fully saturated rings. The predicted molar refractivity (Wildman–Crippen MR) is 113 cm³/mol. The molecule has 6 nitrogen and oxygen atoms in total. The summed E-state index contributed by atoms with van der Waals surface area (Å²) in [5.41, 5.74) is 6.97. The Morgan fingerprint density at radius 1 is 1.17 bits per heavy atom. The number of carbonyl (C=O) groups is 2. The highest BCUT2D eigenvalue weighted by molar-refractivity contribution is 5.87. The smallest absolute Gasteiger partial charge is 0.328 e. The largest absolute Gasteiger partial charge is 0.464 e. The van der Waals surface area contributed by atoms with Crippen LogP contribution in [0.5, 0.6) is 0 Å². The molecule has 0 radical (unpaired) electrons. The van der Waals surface area contributed by atoms with Crippen LogP contribution in [0.25, 0.3) is 0 Å². The van der Waals surface area contributed by atoms with E-state index in [0.717, 1.165) is 18.4 Å². The summed E-state index contributed by atoms with van der Waals surface area (Å²) < 4.78 is 5.51. The summed E-state index contributed by atoms with van der Waals surface area (Å²) in [6, 6.07) is 7.93. The van der Waals surface area contributed by atoms with E-state index in [0.29, 0.717) is 25.4 Å². The molecule has 1 aliphatic rings. The summed E-state index contributed by atoms with van der Waals surface area (Å²) >= 11 is 0. The lowest BCUT2D eigenvalue weighted by atomic mass is 9.90. The Hall–Kier alpha value is -1.92. The van der Waals surface area contributed by atoms with Crippen LogP contribution in [0.15, 0.2) is 30.3 Å². The molecule has 0 aliphatic heterocycles. The molecule has 0 spiro atoms. The SMILES string of the molecule is CC(C)C[C@H](NC(=O)[C@H](O)[C@H](N)Cc1ccccc1)C(=O)OCC1CCCCC1. The Morgan fingerprint density at radius 3 is 2.45 bits per heavy atom. The summed E-state index contributed by atoms with van der Waals surface area (Å²) in [5.74, 6) is -0.458. The second-order valence-electron chi connectivity index (χ2n) is 8.62. The van der Waals surface area contributed by atoms with Gasteiger partial charge in [-0.25, -0.2) is 4.79 Å². The average molecular weight is 405 g/mol. The minimum absolute atomic E-state index is 0.192. The van der Waals surface area contributed by atoms with Gasteiger partial charge in [-0.3, -0.25) is 4.79 Å². The van der Waals surface area contributed by atoms with Gasteiger partial charge in [0.2, 0.25) is 0 Å². The number of hydrogen-bond donors (Lipinski definition) is 3. The van der Waals surface area contributed by atoms with Gasteiger partial charge in [0.05, 0.1) is 6.61 Å². The fraction of sp³-hybridized carbons (Fsp3) is 0.652. The molecule has 29 heavy (non-hydrogen) atoms. The number of ether oxygens (including phenoxy) is 1. The molecule has 0 heterocycles. The lowest BCUT2D eigenvalue weighted by molar-refractivity contribution is -0.151. The van der Waals surface area contributed by atoms with E-state index in [1.807, 2.05) is 44.2 Å². The van der Waals surface area contributed by atoms with Crippen LogP contribution in [-0.4, -0.2) is 41.8 Å². The van der Waals surface area contributed by atoms with Crippen LogP contribution in [0, 0.1) is 11.8 Å². The molecule has 162 valence electrons. The van der Waals surface area contributed by atoms with Crippen molar-refractivity contribution in [3.05, 3.63) is 35.9 Å². The van der Waals surface area contributed by atoms with E-state index >= 15 is 0 Å². The number of nitrogens with one attached hydrogen (secondary N) is 1.